The molecule has 0 radical (unpaired) electrons. The third kappa shape index (κ3) is 4.41. The van der Waals surface area contributed by atoms with Crippen molar-refractivity contribution in [2.75, 3.05) is 11.9 Å². The normalized spacial score (nSPS) is 26.1. The predicted molar refractivity (Wildman–Crippen MR) is 93.2 cm³/mol. The fourth-order valence-electron chi connectivity index (χ4n) is 2.67. The van der Waals surface area contributed by atoms with Gasteiger partial charge in [-0.05, 0) is 6.92 Å². The van der Waals surface area contributed by atoms with Crippen LogP contribution >= 0.6 is 0 Å². The van der Waals surface area contributed by atoms with Gasteiger partial charge in [0.05, 0.1) is 19.0 Å². The molecule has 1 saturated heterocycles. The molecule has 14 nitrogen and oxygen atoms in total. The lowest BCUT2D eigenvalue weighted by molar-refractivity contribution is -0.193. The van der Waals surface area contributed by atoms with E-state index in [0.717, 1.165) is 0 Å². The van der Waals surface area contributed by atoms with Gasteiger partial charge in [0.1, 0.15) is 30.2 Å². The van der Waals surface area contributed by atoms with E-state index in [-0.39, 0.29) is 5.82 Å². The molecule has 158 valence electrons. The third-order valence-corrected chi connectivity index (χ3v) is 4.21. The molecule has 14 heteroatoms. The maximum absolute atomic E-state index is 12.3. The Bertz CT molecular complexity index is 875. The van der Waals surface area contributed by atoms with E-state index in [1.165, 1.54) is 19.6 Å². The van der Waals surface area contributed by atoms with E-state index in [4.69, 9.17) is 14.6 Å². The van der Waals surface area contributed by atoms with Crippen molar-refractivity contribution in [2.24, 2.45) is 0 Å². The first-order chi connectivity index (χ1) is 13.8. The summed E-state index contributed by atoms with van der Waals surface area (Å²) in [5.41, 5.74) is 0.663. The predicted octanol–water partition coefficient (Wildman–Crippen LogP) is -2.79. The Labute approximate surface area is 162 Å². The first-order valence-corrected chi connectivity index (χ1v) is 8.54. The van der Waals surface area contributed by atoms with Gasteiger partial charge in [-0.1, -0.05) is 0 Å². The lowest BCUT2D eigenvalue weighted by Gasteiger charge is -2.23. The van der Waals surface area contributed by atoms with E-state index in [1.54, 1.807) is 0 Å². The van der Waals surface area contributed by atoms with Crippen molar-refractivity contribution in [3.8, 4) is 0 Å². The van der Waals surface area contributed by atoms with Crippen LogP contribution in [0.25, 0.3) is 11.2 Å². The Morgan fingerprint density at radius 2 is 2.07 bits per heavy atom. The number of hydrogen-bond donors (Lipinski definition) is 7. The van der Waals surface area contributed by atoms with Crippen LogP contribution in [-0.4, -0.2) is 95.7 Å². The Kier molecular flexibility index (Phi) is 6.19. The first kappa shape index (κ1) is 20.8. The van der Waals surface area contributed by atoms with E-state index in [0.29, 0.717) is 11.2 Å². The van der Waals surface area contributed by atoms with Gasteiger partial charge in [-0.25, -0.2) is 24.5 Å². The van der Waals surface area contributed by atoms with Crippen molar-refractivity contribution in [1.29, 1.82) is 0 Å². The van der Waals surface area contributed by atoms with E-state index in [2.05, 4.69) is 30.6 Å². The Hall–Kier alpha value is -2.91. The third-order valence-electron chi connectivity index (χ3n) is 4.21. The molecule has 2 aromatic rings. The van der Waals surface area contributed by atoms with Crippen molar-refractivity contribution in [3.63, 3.8) is 0 Å². The summed E-state index contributed by atoms with van der Waals surface area (Å²) in [5, 5.41) is 43.1. The number of aromatic nitrogens is 4. The highest BCUT2D eigenvalue weighted by molar-refractivity contribution is 5.97. The zero-order valence-corrected chi connectivity index (χ0v) is 15.1. The number of ether oxygens (including phenoxy) is 2. The summed E-state index contributed by atoms with van der Waals surface area (Å²) in [4.78, 5) is 39.1. The molecule has 6 atom stereocenters. The maximum atomic E-state index is 12.3. The van der Waals surface area contributed by atoms with Gasteiger partial charge in [0.25, 0.3) is 0 Å². The highest BCUT2D eigenvalue weighted by Gasteiger charge is 2.45. The second-order valence-corrected chi connectivity index (χ2v) is 6.28. The number of nitrogens with zero attached hydrogens (tertiary/aromatic N) is 3. The smallest absolute Gasteiger partial charge is 0.333 e. The van der Waals surface area contributed by atoms with Crippen LogP contribution in [0.1, 0.15) is 6.92 Å². The van der Waals surface area contributed by atoms with Crippen LogP contribution in [0.5, 0.6) is 0 Å². The number of urea groups is 1. The summed E-state index contributed by atoms with van der Waals surface area (Å²) in [5.74, 6) is -1.04. The molecule has 1 unspecified atom stereocenters. The number of H-pyrrole nitrogens is 1. The average Bonchev–Trinajstić information content (AvgIpc) is 3.26. The summed E-state index contributed by atoms with van der Waals surface area (Å²) < 4.78 is 9.98. The van der Waals surface area contributed by atoms with E-state index in [9.17, 15) is 24.9 Å². The van der Waals surface area contributed by atoms with Crippen molar-refractivity contribution < 1.29 is 39.5 Å². The minimum atomic E-state index is -1.60. The molecule has 7 N–H and O–H groups in total. The number of rotatable bonds is 6. The number of amides is 2. The fourth-order valence-corrected chi connectivity index (χ4v) is 2.67. The molecular weight excluding hydrogens is 392 g/mol. The van der Waals surface area contributed by atoms with Gasteiger partial charge < -0.3 is 40.2 Å². The Balaban J connectivity index is 1.64. The standard InChI is InChI=1S/C15H20N6O8/c1-5(23)7(13(26)29-14-10(25)9(24)6(2-22)28-14)20-15(27)21-12-8-11(17-3-16-8)18-4-19-12/h3-7,9-10,14,22-25H,2H2,1H3,(H3,16,17,18,19,20,21,27)/t5-,6-,7+,9-,10-,14?/m1/s1. The topological polar surface area (TPSA) is 212 Å². The number of aromatic amines is 1. The van der Waals surface area contributed by atoms with Crippen LogP contribution in [0.3, 0.4) is 0 Å². The number of carbonyl (C=O) groups is 2. The number of hydrogen-bond acceptors (Lipinski definition) is 11. The largest absolute Gasteiger partial charge is 0.431 e. The average molecular weight is 412 g/mol. The minimum Gasteiger partial charge on any atom is -0.431 e. The summed E-state index contributed by atoms with van der Waals surface area (Å²) in [6.45, 7) is 0.634. The summed E-state index contributed by atoms with van der Waals surface area (Å²) in [7, 11) is 0. The number of carbonyl (C=O) groups excluding carboxylic acids is 2. The van der Waals surface area contributed by atoms with Gasteiger partial charge in [0.15, 0.2) is 17.5 Å². The summed E-state index contributed by atoms with van der Waals surface area (Å²) in [6, 6.07) is -2.42. The monoisotopic (exact) mass is 412 g/mol. The number of anilines is 1. The van der Waals surface area contributed by atoms with Crippen molar-refractivity contribution in [3.05, 3.63) is 12.7 Å². The maximum Gasteiger partial charge on any atom is 0.333 e. The van der Waals surface area contributed by atoms with Crippen LogP contribution in [0.15, 0.2) is 12.7 Å². The van der Waals surface area contributed by atoms with Crippen molar-refractivity contribution in [2.45, 2.75) is 43.7 Å². The number of aliphatic hydroxyl groups excluding tert-OH is 4. The molecular formula is C15H20N6O8. The van der Waals surface area contributed by atoms with E-state index < -0.39 is 55.4 Å². The van der Waals surface area contributed by atoms with Crippen LogP contribution < -0.4 is 10.6 Å². The number of fused-ring (bicyclic) bond motifs is 1. The number of nitrogens with one attached hydrogen (secondary N) is 3. The van der Waals surface area contributed by atoms with Gasteiger partial charge in [-0.3, -0.25) is 5.32 Å². The molecule has 3 rings (SSSR count). The minimum absolute atomic E-state index is 0.0890. The molecule has 29 heavy (non-hydrogen) atoms. The molecule has 0 bridgehead atoms. The fraction of sp³-hybridized carbons (Fsp3) is 0.533. The Morgan fingerprint density at radius 3 is 2.72 bits per heavy atom. The van der Waals surface area contributed by atoms with E-state index >= 15 is 0 Å². The quantitative estimate of drug-likeness (QED) is 0.241. The van der Waals surface area contributed by atoms with Crippen molar-refractivity contribution in [1.82, 2.24) is 25.3 Å². The molecule has 1 fully saturated rings. The highest BCUT2D eigenvalue weighted by atomic mass is 16.7. The molecule has 0 saturated carbocycles. The molecule has 3 heterocycles. The SMILES string of the molecule is C[C@@H](O)[C@H](NC(=O)Nc1ncnc2nc[nH]c12)C(=O)OC1O[C@H](CO)[C@@H](O)[C@H]1O. The first-order valence-electron chi connectivity index (χ1n) is 8.54. The number of esters is 1. The Morgan fingerprint density at radius 1 is 1.31 bits per heavy atom. The molecule has 0 spiro atoms. The van der Waals surface area contributed by atoms with Crippen LogP contribution in [0.4, 0.5) is 10.6 Å². The van der Waals surface area contributed by atoms with Crippen LogP contribution in [0, 0.1) is 0 Å². The van der Waals surface area contributed by atoms with Gasteiger partial charge in [0, 0.05) is 0 Å². The second-order valence-electron chi connectivity index (χ2n) is 6.28. The zero-order valence-electron chi connectivity index (χ0n) is 15.1. The number of aliphatic hydroxyl groups is 4. The molecule has 1 aliphatic heterocycles. The van der Waals surface area contributed by atoms with Crippen LogP contribution in [0.2, 0.25) is 0 Å². The van der Waals surface area contributed by atoms with Crippen LogP contribution in [-0.2, 0) is 14.3 Å². The molecule has 1 aliphatic rings. The van der Waals surface area contributed by atoms with E-state index in [1.807, 2.05) is 0 Å². The highest BCUT2D eigenvalue weighted by Crippen LogP contribution is 2.22. The second kappa shape index (κ2) is 8.62. The van der Waals surface area contributed by atoms with Gasteiger partial charge in [-0.15, -0.1) is 0 Å². The molecule has 2 aromatic heterocycles. The van der Waals surface area contributed by atoms with Crippen molar-refractivity contribution >= 4 is 29.0 Å². The lowest BCUT2D eigenvalue weighted by atomic mass is 10.1. The summed E-state index contributed by atoms with van der Waals surface area (Å²) >= 11 is 0. The molecule has 0 aliphatic carbocycles. The van der Waals surface area contributed by atoms with Gasteiger partial charge in [0.2, 0.25) is 6.29 Å². The zero-order chi connectivity index (χ0) is 21.1. The number of imidazole rings is 1. The molecule has 2 amide bonds. The van der Waals surface area contributed by atoms with Gasteiger partial charge >= 0.3 is 12.0 Å². The molecule has 0 aromatic carbocycles. The summed E-state index contributed by atoms with van der Waals surface area (Å²) in [6.07, 6.45) is -4.61. The lowest BCUT2D eigenvalue weighted by Crippen LogP contribution is -2.51. The van der Waals surface area contributed by atoms with Gasteiger partial charge in [-0.2, -0.15) is 0 Å².